The van der Waals surface area contributed by atoms with Crippen LogP contribution in [0, 0.1) is 11.3 Å². The first-order valence-corrected chi connectivity index (χ1v) is 12.8. The van der Waals surface area contributed by atoms with E-state index in [1.165, 1.54) is 7.11 Å². The first-order chi connectivity index (χ1) is 18.9. The quantitative estimate of drug-likeness (QED) is 0.371. The molecule has 0 radical (unpaired) electrons. The van der Waals surface area contributed by atoms with Crippen molar-refractivity contribution in [2.24, 2.45) is 0 Å². The van der Waals surface area contributed by atoms with E-state index in [0.717, 1.165) is 5.56 Å². The summed E-state index contributed by atoms with van der Waals surface area (Å²) in [4.78, 5) is 26.9. The number of nitriles is 1. The maximum absolute atomic E-state index is 13.7. The van der Waals surface area contributed by atoms with Gasteiger partial charge in [0, 0.05) is 33.9 Å². The third kappa shape index (κ3) is 4.53. The largest absolute Gasteiger partial charge is 0.493 e. The minimum atomic E-state index is -0.750. The molecule has 1 atom stereocenters. The number of fused-ring (bicyclic) bond motifs is 2. The molecule has 0 fully saturated rings. The van der Waals surface area contributed by atoms with Gasteiger partial charge in [0.15, 0.2) is 17.3 Å². The Morgan fingerprint density at radius 1 is 1.10 bits per heavy atom. The van der Waals surface area contributed by atoms with Crippen molar-refractivity contribution >= 4 is 29.1 Å². The number of dihydropyridines is 1. The number of benzene rings is 3. The summed E-state index contributed by atoms with van der Waals surface area (Å²) in [7, 11) is 1.49. The Labute approximate surface area is 231 Å². The second kappa shape index (κ2) is 10.7. The first kappa shape index (κ1) is 26.1. The Morgan fingerprint density at radius 3 is 2.54 bits per heavy atom. The fourth-order valence-electron chi connectivity index (χ4n) is 5.09. The van der Waals surface area contributed by atoms with E-state index in [2.05, 4.69) is 11.4 Å². The van der Waals surface area contributed by atoms with Crippen molar-refractivity contribution in [1.29, 1.82) is 5.26 Å². The summed E-state index contributed by atoms with van der Waals surface area (Å²) < 4.78 is 17.1. The Kier molecular flexibility index (Phi) is 7.14. The molecule has 0 bridgehead atoms. The molecule has 1 unspecified atom stereocenters. The van der Waals surface area contributed by atoms with Gasteiger partial charge >= 0.3 is 5.97 Å². The molecule has 0 spiro atoms. The lowest BCUT2D eigenvalue weighted by atomic mass is 9.79. The molecule has 0 amide bonds. The van der Waals surface area contributed by atoms with Crippen LogP contribution in [0.3, 0.4) is 0 Å². The summed E-state index contributed by atoms with van der Waals surface area (Å²) in [5, 5.41) is 12.9. The van der Waals surface area contributed by atoms with E-state index in [-0.39, 0.29) is 24.0 Å². The molecule has 39 heavy (non-hydrogen) atoms. The molecule has 2 aliphatic rings. The van der Waals surface area contributed by atoms with Crippen LogP contribution in [0.5, 0.6) is 11.5 Å². The molecule has 0 saturated carbocycles. The number of Topliss-reactive ketones (excluding diaryl/α,β-unsaturated/α-hetero) is 1. The molecule has 1 N–H and O–H groups in total. The molecule has 196 valence electrons. The van der Waals surface area contributed by atoms with E-state index >= 15 is 0 Å². The number of carbonyl (C=O) groups excluding carboxylic acids is 2. The lowest BCUT2D eigenvalue weighted by molar-refractivity contribution is -0.138. The highest BCUT2D eigenvalue weighted by Gasteiger charge is 2.43. The van der Waals surface area contributed by atoms with E-state index in [1.54, 1.807) is 50.2 Å². The normalized spacial score (nSPS) is 15.8. The van der Waals surface area contributed by atoms with Crippen LogP contribution < -0.4 is 14.8 Å². The van der Waals surface area contributed by atoms with E-state index < -0.39 is 11.9 Å². The molecule has 3 aromatic carbocycles. The molecule has 0 aromatic heterocycles. The van der Waals surface area contributed by atoms with Crippen LogP contribution in [0.1, 0.15) is 52.4 Å². The number of halogens is 1. The number of ketones is 1. The molecule has 3 aromatic rings. The first-order valence-electron chi connectivity index (χ1n) is 12.4. The zero-order valence-electron chi connectivity index (χ0n) is 21.6. The van der Waals surface area contributed by atoms with Crippen molar-refractivity contribution in [3.8, 4) is 17.6 Å². The summed E-state index contributed by atoms with van der Waals surface area (Å²) in [5.74, 6) is -0.822. The fourth-order valence-corrected chi connectivity index (χ4v) is 5.37. The summed E-state index contributed by atoms with van der Waals surface area (Å²) in [5.41, 5.74) is 5.14. The van der Waals surface area contributed by atoms with Crippen molar-refractivity contribution < 1.29 is 23.8 Å². The van der Waals surface area contributed by atoms with Crippen LogP contribution in [0.15, 0.2) is 77.5 Å². The Hall–Kier alpha value is -4.54. The van der Waals surface area contributed by atoms with Crippen molar-refractivity contribution in [3.63, 3.8) is 0 Å². The van der Waals surface area contributed by atoms with Gasteiger partial charge in [-0.05, 0) is 37.6 Å². The smallest absolute Gasteiger partial charge is 0.336 e. The number of esters is 1. The summed E-state index contributed by atoms with van der Waals surface area (Å²) in [6, 6.07) is 20.0. The van der Waals surface area contributed by atoms with Gasteiger partial charge in [0.25, 0.3) is 0 Å². The zero-order chi connectivity index (χ0) is 27.7. The van der Waals surface area contributed by atoms with Crippen molar-refractivity contribution in [1.82, 2.24) is 5.32 Å². The highest BCUT2D eigenvalue weighted by Crippen LogP contribution is 2.49. The number of methoxy groups -OCH3 is 1. The van der Waals surface area contributed by atoms with Crippen molar-refractivity contribution in [3.05, 3.63) is 110 Å². The molecular formula is C31H25ClN2O5. The van der Waals surface area contributed by atoms with Crippen molar-refractivity contribution in [2.45, 2.75) is 26.4 Å². The van der Waals surface area contributed by atoms with Gasteiger partial charge in [0.05, 0.1) is 41.6 Å². The number of nitrogens with one attached hydrogen (secondary N) is 1. The minimum absolute atomic E-state index is 0.0999. The van der Waals surface area contributed by atoms with Crippen LogP contribution in [0.25, 0.3) is 5.70 Å². The summed E-state index contributed by atoms with van der Waals surface area (Å²) >= 11 is 6.75. The van der Waals surface area contributed by atoms with Gasteiger partial charge in [-0.15, -0.1) is 0 Å². The van der Waals surface area contributed by atoms with Gasteiger partial charge in [-0.25, -0.2) is 4.79 Å². The zero-order valence-corrected chi connectivity index (χ0v) is 22.4. The summed E-state index contributed by atoms with van der Waals surface area (Å²) in [6.45, 7) is 3.81. The average Bonchev–Trinajstić information content (AvgIpc) is 3.22. The van der Waals surface area contributed by atoms with E-state index in [9.17, 15) is 14.9 Å². The number of ether oxygens (including phenoxy) is 3. The van der Waals surface area contributed by atoms with E-state index in [1.807, 2.05) is 24.3 Å². The number of hydrogen-bond acceptors (Lipinski definition) is 7. The second-order valence-corrected chi connectivity index (χ2v) is 9.48. The van der Waals surface area contributed by atoms with Crippen LogP contribution in [0.4, 0.5) is 0 Å². The number of rotatable bonds is 7. The van der Waals surface area contributed by atoms with Crippen LogP contribution >= 0.6 is 11.6 Å². The van der Waals surface area contributed by atoms with Gasteiger partial charge in [0.2, 0.25) is 0 Å². The van der Waals surface area contributed by atoms with Crippen molar-refractivity contribution in [2.75, 3.05) is 13.7 Å². The van der Waals surface area contributed by atoms with Gasteiger partial charge in [-0.1, -0.05) is 54.1 Å². The third-order valence-corrected chi connectivity index (χ3v) is 7.12. The van der Waals surface area contributed by atoms with Gasteiger partial charge < -0.3 is 19.5 Å². The second-order valence-electron chi connectivity index (χ2n) is 9.07. The predicted octanol–water partition coefficient (Wildman–Crippen LogP) is 5.93. The average molecular weight is 541 g/mol. The van der Waals surface area contributed by atoms with E-state index in [0.29, 0.717) is 56.3 Å². The van der Waals surface area contributed by atoms with Gasteiger partial charge in [-0.2, -0.15) is 5.26 Å². The Morgan fingerprint density at radius 2 is 1.82 bits per heavy atom. The van der Waals surface area contributed by atoms with Gasteiger partial charge in [-0.3, -0.25) is 4.79 Å². The maximum atomic E-state index is 13.7. The lowest BCUT2D eigenvalue weighted by Crippen LogP contribution is -2.29. The third-order valence-electron chi connectivity index (χ3n) is 6.84. The lowest BCUT2D eigenvalue weighted by Gasteiger charge is -2.29. The number of hydrogen-bond donors (Lipinski definition) is 1. The van der Waals surface area contributed by atoms with Crippen LogP contribution in [-0.4, -0.2) is 25.5 Å². The topological polar surface area (TPSA) is 97.6 Å². The predicted molar refractivity (Wildman–Crippen MR) is 146 cm³/mol. The number of nitrogens with zero attached hydrogens (tertiary/aromatic N) is 1. The van der Waals surface area contributed by atoms with E-state index in [4.69, 9.17) is 25.8 Å². The monoisotopic (exact) mass is 540 g/mol. The fraction of sp³-hybridized carbons (Fsp3) is 0.194. The Bertz CT molecular complexity index is 1620. The standard InChI is InChI=1S/C31H25ClN2O5/c1-4-38-31(36)25-17(2)34-28-21-11-7-8-12-22(21)29(35)27(28)26(25)20-13-23(32)30(24(14-20)37-3)39-16-19-10-6-5-9-18(19)15-33/h5-14,26,34H,4,16H2,1-3H3. The molecule has 1 heterocycles. The molecule has 7 nitrogen and oxygen atoms in total. The molecule has 1 aliphatic heterocycles. The highest BCUT2D eigenvalue weighted by molar-refractivity contribution is 6.32. The number of carbonyl (C=O) groups is 2. The molecule has 8 heteroatoms. The highest BCUT2D eigenvalue weighted by atomic mass is 35.5. The van der Waals surface area contributed by atoms with Crippen LogP contribution in [-0.2, 0) is 16.1 Å². The molecule has 5 rings (SSSR count). The maximum Gasteiger partial charge on any atom is 0.336 e. The van der Waals surface area contributed by atoms with Crippen LogP contribution in [0.2, 0.25) is 5.02 Å². The SMILES string of the molecule is CCOC(=O)C1=C(C)NC2=C(C(=O)c3ccccc32)C1c1cc(Cl)c(OCc2ccccc2C#N)c(OC)c1. The molecule has 0 saturated heterocycles. The number of allylic oxidation sites excluding steroid dienone is 2. The Balaban J connectivity index is 1.61. The molecule has 1 aliphatic carbocycles. The molecular weight excluding hydrogens is 516 g/mol. The summed E-state index contributed by atoms with van der Waals surface area (Å²) in [6.07, 6.45) is 0. The van der Waals surface area contributed by atoms with Gasteiger partial charge in [0.1, 0.15) is 6.61 Å². The minimum Gasteiger partial charge on any atom is -0.493 e.